The van der Waals surface area contributed by atoms with E-state index in [2.05, 4.69) is 220 Å². The van der Waals surface area contributed by atoms with E-state index >= 15 is 0 Å². The zero-order valence-corrected chi connectivity index (χ0v) is 32.1. The van der Waals surface area contributed by atoms with Crippen LogP contribution in [0.25, 0.3) is 42.4 Å². The second-order valence-corrected chi connectivity index (χ2v) is 16.7. The molecule has 1 nitrogen and oxygen atoms in total. The number of fused-ring (bicyclic) bond motifs is 7. The third-order valence-corrected chi connectivity index (χ3v) is 12.7. The molecule has 0 atom stereocenters. The fourth-order valence-corrected chi connectivity index (χ4v) is 10.1. The number of anilines is 3. The van der Waals surface area contributed by atoms with E-state index in [1.165, 1.54) is 75.9 Å². The second-order valence-electron chi connectivity index (χ2n) is 15.7. The Hall–Kier alpha value is -6.22. The molecule has 0 radical (unpaired) electrons. The molecule has 2 heteroatoms. The molecule has 0 spiro atoms. The van der Waals surface area contributed by atoms with Crippen molar-refractivity contribution in [3.63, 3.8) is 0 Å². The predicted octanol–water partition coefficient (Wildman–Crippen LogP) is 14.9. The van der Waals surface area contributed by atoms with Crippen LogP contribution in [0.2, 0.25) is 0 Å². The van der Waals surface area contributed by atoms with Crippen molar-refractivity contribution in [1.82, 2.24) is 0 Å². The highest BCUT2D eigenvalue weighted by molar-refractivity contribution is 7.26. The Labute approximate surface area is 327 Å². The molecule has 1 aliphatic carbocycles. The van der Waals surface area contributed by atoms with Crippen LogP contribution in [0.4, 0.5) is 17.1 Å². The van der Waals surface area contributed by atoms with Crippen molar-refractivity contribution in [3.05, 3.63) is 222 Å². The van der Waals surface area contributed by atoms with Crippen LogP contribution in [0, 0.1) is 0 Å². The molecule has 0 saturated heterocycles. The zero-order valence-electron chi connectivity index (χ0n) is 31.3. The lowest BCUT2D eigenvalue weighted by Gasteiger charge is -2.35. The average molecular weight is 724 g/mol. The minimum absolute atomic E-state index is 0.0454. The predicted molar refractivity (Wildman–Crippen MR) is 235 cm³/mol. The monoisotopic (exact) mass is 723 g/mol. The molecule has 55 heavy (non-hydrogen) atoms. The van der Waals surface area contributed by atoms with Gasteiger partial charge >= 0.3 is 0 Å². The standard InChI is InChI=1S/C53H41NS/c1-52(2,3)38-29-33-42(34-30-38)54(41-31-27-37(28-32-41)36-17-7-4-8-18-36)47-35-46-49(50-44-24-14-16-26-48(44)55-51(47)50)43-23-13-15-25-45(43)53(46,39-19-9-5-10-20-39)40-21-11-6-12-22-40/h4-35H,1-3H3. The highest BCUT2D eigenvalue weighted by Crippen LogP contribution is 2.61. The van der Waals surface area contributed by atoms with Gasteiger partial charge in [0.2, 0.25) is 0 Å². The molecule has 10 rings (SSSR count). The van der Waals surface area contributed by atoms with Crippen molar-refractivity contribution >= 4 is 48.6 Å². The van der Waals surface area contributed by atoms with Gasteiger partial charge in [-0.25, -0.2) is 0 Å². The van der Waals surface area contributed by atoms with Crippen LogP contribution in [-0.4, -0.2) is 0 Å². The molecule has 1 aromatic heterocycles. The fourth-order valence-electron chi connectivity index (χ4n) is 8.93. The molecule has 0 N–H and O–H groups in total. The second kappa shape index (κ2) is 13.0. The van der Waals surface area contributed by atoms with Gasteiger partial charge in [0.05, 0.1) is 15.8 Å². The summed E-state index contributed by atoms with van der Waals surface area (Å²) in [5.41, 5.74) is 14.5. The van der Waals surface area contributed by atoms with Gasteiger partial charge in [-0.2, -0.15) is 0 Å². The van der Waals surface area contributed by atoms with Crippen molar-refractivity contribution in [3.8, 4) is 22.3 Å². The van der Waals surface area contributed by atoms with E-state index in [-0.39, 0.29) is 5.41 Å². The van der Waals surface area contributed by atoms with E-state index in [0.717, 1.165) is 11.4 Å². The first-order valence-corrected chi connectivity index (χ1v) is 20.0. The summed E-state index contributed by atoms with van der Waals surface area (Å²) in [6, 6.07) is 72.0. The zero-order chi connectivity index (χ0) is 37.1. The number of hydrogen-bond donors (Lipinski definition) is 0. The lowest BCUT2D eigenvalue weighted by atomic mass is 9.67. The Morgan fingerprint density at radius 2 is 1.02 bits per heavy atom. The summed E-state index contributed by atoms with van der Waals surface area (Å²) < 4.78 is 2.59. The van der Waals surface area contributed by atoms with Crippen molar-refractivity contribution < 1.29 is 0 Å². The minimum atomic E-state index is -0.528. The van der Waals surface area contributed by atoms with Crippen LogP contribution in [0.15, 0.2) is 194 Å². The van der Waals surface area contributed by atoms with Crippen LogP contribution < -0.4 is 4.90 Å². The summed E-state index contributed by atoms with van der Waals surface area (Å²) >= 11 is 1.90. The molecule has 0 saturated carbocycles. The van der Waals surface area contributed by atoms with Gasteiger partial charge < -0.3 is 4.90 Å². The summed E-state index contributed by atoms with van der Waals surface area (Å²) in [5, 5.41) is 2.63. The van der Waals surface area contributed by atoms with Gasteiger partial charge in [0.25, 0.3) is 0 Å². The molecule has 1 aliphatic rings. The van der Waals surface area contributed by atoms with Gasteiger partial charge in [0.1, 0.15) is 0 Å². The Morgan fingerprint density at radius 3 is 1.65 bits per heavy atom. The normalized spacial score (nSPS) is 13.1. The van der Waals surface area contributed by atoms with Gasteiger partial charge in [-0.1, -0.05) is 178 Å². The fraction of sp³-hybridized carbons (Fsp3) is 0.0943. The first kappa shape index (κ1) is 33.4. The summed E-state index contributed by atoms with van der Waals surface area (Å²) in [4.78, 5) is 2.50. The highest BCUT2D eigenvalue weighted by atomic mass is 32.1. The smallest absolute Gasteiger partial charge is 0.0714 e. The molecule has 0 bridgehead atoms. The highest BCUT2D eigenvalue weighted by Gasteiger charge is 2.47. The maximum absolute atomic E-state index is 2.54. The van der Waals surface area contributed by atoms with Crippen LogP contribution in [-0.2, 0) is 10.8 Å². The molecule has 8 aromatic carbocycles. The minimum Gasteiger partial charge on any atom is -0.309 e. The lowest BCUT2D eigenvalue weighted by molar-refractivity contribution is 0.590. The van der Waals surface area contributed by atoms with Crippen LogP contribution >= 0.6 is 11.3 Å². The number of rotatable bonds is 6. The van der Waals surface area contributed by atoms with Gasteiger partial charge in [-0.15, -0.1) is 11.3 Å². The largest absolute Gasteiger partial charge is 0.309 e. The molecule has 0 aliphatic heterocycles. The first-order chi connectivity index (χ1) is 26.9. The third kappa shape index (κ3) is 5.28. The Balaban J connectivity index is 1.33. The maximum atomic E-state index is 2.54. The van der Waals surface area contributed by atoms with E-state index in [1.807, 2.05) is 11.3 Å². The molecular weight excluding hydrogens is 683 g/mol. The van der Waals surface area contributed by atoms with Crippen LogP contribution in [0.5, 0.6) is 0 Å². The van der Waals surface area contributed by atoms with Crippen molar-refractivity contribution in [2.45, 2.75) is 31.6 Å². The van der Waals surface area contributed by atoms with E-state index in [1.54, 1.807) is 0 Å². The van der Waals surface area contributed by atoms with Gasteiger partial charge in [0.15, 0.2) is 0 Å². The molecular formula is C53H41NS. The van der Waals surface area contributed by atoms with E-state index in [0.29, 0.717) is 0 Å². The molecule has 0 amide bonds. The Bertz CT molecular complexity index is 2770. The number of nitrogens with zero attached hydrogens (tertiary/aromatic N) is 1. The summed E-state index contributed by atoms with van der Waals surface area (Å²) in [6.07, 6.45) is 0. The Morgan fingerprint density at radius 1 is 0.491 bits per heavy atom. The first-order valence-electron chi connectivity index (χ1n) is 19.2. The van der Waals surface area contributed by atoms with Crippen molar-refractivity contribution in [1.29, 1.82) is 0 Å². The topological polar surface area (TPSA) is 3.24 Å². The molecule has 9 aromatic rings. The van der Waals surface area contributed by atoms with Crippen molar-refractivity contribution in [2.75, 3.05) is 4.90 Å². The molecule has 0 unspecified atom stereocenters. The van der Waals surface area contributed by atoms with E-state index in [9.17, 15) is 0 Å². The Kier molecular flexibility index (Phi) is 7.87. The number of hydrogen-bond acceptors (Lipinski definition) is 2. The van der Waals surface area contributed by atoms with Gasteiger partial charge in [-0.3, -0.25) is 0 Å². The SMILES string of the molecule is CC(C)(C)c1ccc(N(c2ccc(-c3ccccc3)cc2)c2cc3c(c4c2sc2ccccc24)-c2ccccc2C3(c2ccccc2)c2ccccc2)cc1. The van der Waals surface area contributed by atoms with Crippen molar-refractivity contribution in [2.24, 2.45) is 0 Å². The van der Waals surface area contributed by atoms with E-state index < -0.39 is 5.41 Å². The summed E-state index contributed by atoms with van der Waals surface area (Å²) in [5.74, 6) is 0. The quantitative estimate of drug-likeness (QED) is 0.165. The molecule has 1 heterocycles. The van der Waals surface area contributed by atoms with Gasteiger partial charge in [0, 0.05) is 26.8 Å². The maximum Gasteiger partial charge on any atom is 0.0714 e. The van der Waals surface area contributed by atoms with Crippen LogP contribution in [0.1, 0.15) is 48.6 Å². The number of benzene rings is 8. The lowest BCUT2D eigenvalue weighted by Crippen LogP contribution is -2.28. The summed E-state index contributed by atoms with van der Waals surface area (Å²) in [6.45, 7) is 6.86. The van der Waals surface area contributed by atoms with Gasteiger partial charge in [-0.05, 0) is 91.9 Å². The average Bonchev–Trinajstić information content (AvgIpc) is 3.76. The van der Waals surface area contributed by atoms with E-state index in [4.69, 9.17) is 0 Å². The third-order valence-electron chi connectivity index (χ3n) is 11.5. The van der Waals surface area contributed by atoms with Crippen LogP contribution in [0.3, 0.4) is 0 Å². The number of thiophene rings is 1. The molecule has 264 valence electrons. The summed E-state index contributed by atoms with van der Waals surface area (Å²) in [7, 11) is 0. The molecule has 0 fully saturated rings.